The van der Waals surface area contributed by atoms with Gasteiger partial charge in [-0.2, -0.15) is 0 Å². The Labute approximate surface area is 134 Å². The first-order valence-electron chi connectivity index (χ1n) is 6.41. The Balaban J connectivity index is 2.03. The van der Waals surface area contributed by atoms with Crippen molar-refractivity contribution in [1.29, 1.82) is 0 Å². The Hall–Kier alpha value is -1.91. The van der Waals surface area contributed by atoms with Gasteiger partial charge in [0.25, 0.3) is 5.91 Å². The van der Waals surface area contributed by atoms with Crippen molar-refractivity contribution >= 4 is 40.5 Å². The van der Waals surface area contributed by atoms with E-state index < -0.39 is 0 Å². The van der Waals surface area contributed by atoms with Crippen LogP contribution in [0, 0.1) is 13.8 Å². The van der Waals surface area contributed by atoms with Crippen molar-refractivity contribution in [3.63, 3.8) is 0 Å². The highest BCUT2D eigenvalue weighted by molar-refractivity contribution is 7.80. The topological polar surface area (TPSA) is 41.1 Å². The molecule has 0 saturated heterocycles. The second kappa shape index (κ2) is 6.70. The molecule has 0 atom stereocenters. The van der Waals surface area contributed by atoms with Crippen molar-refractivity contribution in [2.45, 2.75) is 13.8 Å². The molecule has 2 aromatic carbocycles. The third kappa shape index (κ3) is 4.03. The lowest BCUT2D eigenvalue weighted by molar-refractivity contribution is 0.0977. The molecule has 5 heteroatoms. The molecule has 3 nitrogen and oxygen atoms in total. The van der Waals surface area contributed by atoms with Gasteiger partial charge >= 0.3 is 0 Å². The van der Waals surface area contributed by atoms with Crippen LogP contribution in [0.1, 0.15) is 21.5 Å². The fourth-order valence-corrected chi connectivity index (χ4v) is 2.22. The zero-order chi connectivity index (χ0) is 15.4. The molecule has 0 aliphatic carbocycles. The van der Waals surface area contributed by atoms with E-state index in [1.54, 1.807) is 12.1 Å². The van der Waals surface area contributed by atoms with Crippen LogP contribution >= 0.6 is 23.8 Å². The number of carbonyl (C=O) groups excluding carboxylic acids is 1. The third-order valence-corrected chi connectivity index (χ3v) is 3.66. The second-order valence-electron chi connectivity index (χ2n) is 4.69. The van der Waals surface area contributed by atoms with E-state index in [9.17, 15) is 4.79 Å². The molecule has 0 fully saturated rings. The van der Waals surface area contributed by atoms with Gasteiger partial charge in [0.1, 0.15) is 0 Å². The molecule has 0 aromatic heterocycles. The number of hydrogen-bond donors (Lipinski definition) is 2. The number of nitrogens with one attached hydrogen (secondary N) is 2. The fraction of sp³-hybridized carbons (Fsp3) is 0.125. The van der Waals surface area contributed by atoms with E-state index in [1.807, 2.05) is 44.2 Å². The molecule has 0 aliphatic heterocycles. The lowest BCUT2D eigenvalue weighted by Crippen LogP contribution is -2.34. The number of thiocarbonyl (C=S) groups is 1. The minimum Gasteiger partial charge on any atom is -0.332 e. The van der Waals surface area contributed by atoms with Gasteiger partial charge in [-0.1, -0.05) is 35.9 Å². The smallest absolute Gasteiger partial charge is 0.257 e. The highest BCUT2D eigenvalue weighted by atomic mass is 35.5. The summed E-state index contributed by atoms with van der Waals surface area (Å²) in [5, 5.41) is 6.49. The van der Waals surface area contributed by atoms with Crippen LogP contribution < -0.4 is 10.6 Å². The van der Waals surface area contributed by atoms with E-state index in [4.69, 9.17) is 23.8 Å². The van der Waals surface area contributed by atoms with Crippen LogP contribution in [-0.4, -0.2) is 11.0 Å². The van der Waals surface area contributed by atoms with Gasteiger partial charge in [0.2, 0.25) is 0 Å². The van der Waals surface area contributed by atoms with Gasteiger partial charge in [-0.05, 0) is 55.4 Å². The van der Waals surface area contributed by atoms with E-state index in [0.29, 0.717) is 10.6 Å². The minimum absolute atomic E-state index is 0.233. The van der Waals surface area contributed by atoms with Crippen LogP contribution in [-0.2, 0) is 0 Å². The summed E-state index contributed by atoms with van der Waals surface area (Å²) >= 11 is 11.2. The summed E-state index contributed by atoms with van der Waals surface area (Å²) in [5.74, 6) is -0.233. The summed E-state index contributed by atoms with van der Waals surface area (Å²) < 4.78 is 0. The summed E-state index contributed by atoms with van der Waals surface area (Å²) in [4.78, 5) is 12.1. The highest BCUT2D eigenvalue weighted by Gasteiger charge is 2.10. The van der Waals surface area contributed by atoms with E-state index >= 15 is 0 Å². The van der Waals surface area contributed by atoms with E-state index in [-0.39, 0.29) is 11.0 Å². The zero-order valence-electron chi connectivity index (χ0n) is 11.7. The first-order valence-corrected chi connectivity index (χ1v) is 7.20. The van der Waals surface area contributed by atoms with E-state index in [1.165, 1.54) is 0 Å². The van der Waals surface area contributed by atoms with Crippen molar-refractivity contribution < 1.29 is 4.79 Å². The van der Waals surface area contributed by atoms with E-state index in [2.05, 4.69) is 10.6 Å². The van der Waals surface area contributed by atoms with Crippen molar-refractivity contribution in [3.8, 4) is 0 Å². The summed E-state index contributed by atoms with van der Waals surface area (Å²) in [7, 11) is 0. The number of hydrogen-bond acceptors (Lipinski definition) is 2. The molecule has 2 aromatic rings. The van der Waals surface area contributed by atoms with Crippen molar-refractivity contribution in [2.24, 2.45) is 0 Å². The molecular weight excluding hydrogens is 304 g/mol. The largest absolute Gasteiger partial charge is 0.332 e. The molecule has 0 spiro atoms. The summed E-state index contributed by atoms with van der Waals surface area (Å²) in [6.45, 7) is 3.80. The Morgan fingerprint density at radius 2 is 1.81 bits per heavy atom. The number of carbonyl (C=O) groups is 1. The summed E-state index contributed by atoms with van der Waals surface area (Å²) in [6.07, 6.45) is 0. The molecule has 2 rings (SSSR count). The number of amides is 1. The van der Waals surface area contributed by atoms with Crippen molar-refractivity contribution in [2.75, 3.05) is 5.32 Å². The quantitative estimate of drug-likeness (QED) is 0.820. The molecule has 2 N–H and O–H groups in total. The van der Waals surface area contributed by atoms with Gasteiger partial charge in [-0.3, -0.25) is 10.1 Å². The maximum atomic E-state index is 12.1. The van der Waals surface area contributed by atoms with Crippen LogP contribution in [0.4, 0.5) is 5.69 Å². The summed E-state index contributed by atoms with van der Waals surface area (Å²) in [5.41, 5.74) is 3.22. The number of anilines is 1. The molecule has 0 unspecified atom stereocenters. The van der Waals surface area contributed by atoms with Crippen LogP contribution in [0.15, 0.2) is 42.5 Å². The maximum absolute atomic E-state index is 12.1. The molecule has 0 heterocycles. The standard InChI is InChI=1S/C16H15ClN2OS/c1-10-5-3-4-6-13(10)15(20)19-16(21)18-12-8-7-11(2)14(17)9-12/h3-9H,1-2H3,(H2,18,19,20,21). The second-order valence-corrected chi connectivity index (χ2v) is 5.50. The Morgan fingerprint density at radius 3 is 2.48 bits per heavy atom. The highest BCUT2D eigenvalue weighted by Crippen LogP contribution is 2.19. The van der Waals surface area contributed by atoms with Gasteiger partial charge < -0.3 is 5.32 Å². The van der Waals surface area contributed by atoms with Crippen LogP contribution in [0.25, 0.3) is 0 Å². The molecule has 1 amide bonds. The van der Waals surface area contributed by atoms with Crippen molar-refractivity contribution in [1.82, 2.24) is 5.32 Å². The molecular formula is C16H15ClN2OS. The lowest BCUT2D eigenvalue weighted by atomic mass is 10.1. The fourth-order valence-electron chi connectivity index (χ4n) is 1.83. The van der Waals surface area contributed by atoms with E-state index in [0.717, 1.165) is 16.8 Å². The number of halogens is 1. The predicted molar refractivity (Wildman–Crippen MR) is 91.1 cm³/mol. The SMILES string of the molecule is Cc1ccc(NC(=S)NC(=O)c2ccccc2C)cc1Cl. The van der Waals surface area contributed by atoms with Gasteiger partial charge in [-0.25, -0.2) is 0 Å². The van der Waals surface area contributed by atoms with Crippen LogP contribution in [0.5, 0.6) is 0 Å². The van der Waals surface area contributed by atoms with Gasteiger partial charge in [0, 0.05) is 16.3 Å². The summed E-state index contributed by atoms with van der Waals surface area (Å²) in [6, 6.07) is 12.9. The number of benzene rings is 2. The Bertz CT molecular complexity index is 700. The van der Waals surface area contributed by atoms with Gasteiger partial charge in [-0.15, -0.1) is 0 Å². The molecule has 108 valence electrons. The molecule has 0 aliphatic rings. The predicted octanol–water partition coefficient (Wildman–Crippen LogP) is 4.08. The molecule has 0 bridgehead atoms. The van der Waals surface area contributed by atoms with Gasteiger partial charge in [0.15, 0.2) is 5.11 Å². The Kier molecular flexibility index (Phi) is 4.94. The van der Waals surface area contributed by atoms with Gasteiger partial charge in [0.05, 0.1) is 0 Å². The minimum atomic E-state index is -0.233. The van der Waals surface area contributed by atoms with Crippen molar-refractivity contribution in [3.05, 3.63) is 64.2 Å². The normalized spacial score (nSPS) is 10.0. The number of aryl methyl sites for hydroxylation is 2. The first-order chi connectivity index (χ1) is 9.97. The first kappa shape index (κ1) is 15.5. The Morgan fingerprint density at radius 1 is 1.10 bits per heavy atom. The van der Waals surface area contributed by atoms with Crippen LogP contribution in [0.3, 0.4) is 0 Å². The third-order valence-electron chi connectivity index (χ3n) is 3.05. The molecule has 0 radical (unpaired) electrons. The monoisotopic (exact) mass is 318 g/mol. The van der Waals surface area contributed by atoms with Crippen LogP contribution in [0.2, 0.25) is 5.02 Å². The number of rotatable bonds is 2. The average Bonchev–Trinajstić information content (AvgIpc) is 2.43. The zero-order valence-corrected chi connectivity index (χ0v) is 13.3. The lowest BCUT2D eigenvalue weighted by Gasteiger charge is -2.11. The molecule has 21 heavy (non-hydrogen) atoms. The molecule has 0 saturated carbocycles. The maximum Gasteiger partial charge on any atom is 0.257 e. The average molecular weight is 319 g/mol.